The molecule has 0 spiro atoms. The Morgan fingerprint density at radius 3 is 2.42 bits per heavy atom. The van der Waals surface area contributed by atoms with Gasteiger partial charge in [-0.15, -0.1) is 12.4 Å². The van der Waals surface area contributed by atoms with E-state index in [0.29, 0.717) is 12.0 Å². The molecular formula is C13H28ClN3O2. The number of nitrogens with one attached hydrogen (secondary N) is 1. The average molecular weight is 294 g/mol. The predicted octanol–water partition coefficient (Wildman–Crippen LogP) is 2.13. The minimum absolute atomic E-state index is 0. The van der Waals surface area contributed by atoms with Crippen molar-refractivity contribution in [1.29, 1.82) is 0 Å². The number of carbonyl (C=O) groups is 1. The Labute approximate surface area is 122 Å². The summed E-state index contributed by atoms with van der Waals surface area (Å²) in [6.07, 6.45) is 4.19. The number of hydrogen-bond donors (Lipinski definition) is 2. The fourth-order valence-electron chi connectivity index (χ4n) is 1.65. The van der Waals surface area contributed by atoms with Crippen molar-refractivity contribution in [2.45, 2.75) is 40.0 Å². The van der Waals surface area contributed by atoms with Crippen LogP contribution in [0.25, 0.3) is 0 Å². The van der Waals surface area contributed by atoms with Gasteiger partial charge in [0.2, 0.25) is 0 Å². The van der Waals surface area contributed by atoms with Gasteiger partial charge in [-0.05, 0) is 44.8 Å². The highest BCUT2D eigenvalue weighted by atomic mass is 35.5. The minimum Gasteiger partial charge on any atom is -0.411 e. The molecule has 0 aromatic heterocycles. The third kappa shape index (κ3) is 15.1. The predicted molar refractivity (Wildman–Crippen MR) is 81.3 cm³/mol. The lowest BCUT2D eigenvalue weighted by molar-refractivity contribution is -0.114. The van der Waals surface area contributed by atoms with Crippen molar-refractivity contribution in [1.82, 2.24) is 10.2 Å². The van der Waals surface area contributed by atoms with E-state index in [-0.39, 0.29) is 18.3 Å². The van der Waals surface area contributed by atoms with Crippen LogP contribution in [0.3, 0.4) is 0 Å². The smallest absolute Gasteiger partial charge is 0.265 e. The topological polar surface area (TPSA) is 64.9 Å². The Balaban J connectivity index is 0. The number of oxime groups is 1. The summed E-state index contributed by atoms with van der Waals surface area (Å²) < 4.78 is 0. The van der Waals surface area contributed by atoms with Crippen LogP contribution < -0.4 is 5.32 Å². The summed E-state index contributed by atoms with van der Waals surface area (Å²) in [7, 11) is 2.10. The van der Waals surface area contributed by atoms with Crippen molar-refractivity contribution < 1.29 is 10.0 Å². The molecule has 0 aliphatic rings. The van der Waals surface area contributed by atoms with Gasteiger partial charge < -0.3 is 15.4 Å². The highest BCUT2D eigenvalue weighted by Crippen LogP contribution is 2.20. The number of halogens is 1. The van der Waals surface area contributed by atoms with Gasteiger partial charge in [-0.3, -0.25) is 4.79 Å². The van der Waals surface area contributed by atoms with Crippen molar-refractivity contribution in [3.8, 4) is 0 Å². The molecule has 114 valence electrons. The van der Waals surface area contributed by atoms with Crippen LogP contribution in [0.4, 0.5) is 0 Å². The number of carbonyl (C=O) groups excluding carboxylic acids is 1. The Morgan fingerprint density at radius 1 is 1.32 bits per heavy atom. The number of nitrogens with zero attached hydrogens (tertiary/aromatic N) is 2. The average Bonchev–Trinajstić information content (AvgIpc) is 2.23. The second-order valence-electron chi connectivity index (χ2n) is 5.86. The molecule has 0 saturated heterocycles. The maximum atomic E-state index is 10.9. The van der Waals surface area contributed by atoms with Gasteiger partial charge in [-0.25, -0.2) is 0 Å². The molecule has 0 aliphatic heterocycles. The molecule has 0 fully saturated rings. The summed E-state index contributed by atoms with van der Waals surface area (Å²) >= 11 is 0. The highest BCUT2D eigenvalue weighted by Gasteiger charge is 2.09. The van der Waals surface area contributed by atoms with Crippen LogP contribution in [0.5, 0.6) is 0 Å². The minimum atomic E-state index is -0.354. The molecule has 0 rings (SSSR count). The second-order valence-corrected chi connectivity index (χ2v) is 5.86. The van der Waals surface area contributed by atoms with Crippen LogP contribution in [0.15, 0.2) is 5.16 Å². The van der Waals surface area contributed by atoms with Crippen LogP contribution >= 0.6 is 12.4 Å². The van der Waals surface area contributed by atoms with E-state index in [1.807, 2.05) is 0 Å². The first-order valence-electron chi connectivity index (χ1n) is 6.49. The van der Waals surface area contributed by atoms with Gasteiger partial charge >= 0.3 is 0 Å². The van der Waals surface area contributed by atoms with E-state index in [2.05, 4.69) is 43.2 Å². The normalized spacial score (nSPS) is 11.6. The fourth-order valence-corrected chi connectivity index (χ4v) is 1.65. The molecule has 6 heteroatoms. The molecule has 0 atom stereocenters. The van der Waals surface area contributed by atoms with Crippen LogP contribution in [-0.2, 0) is 4.79 Å². The van der Waals surface area contributed by atoms with Crippen molar-refractivity contribution in [3.63, 3.8) is 0 Å². The van der Waals surface area contributed by atoms with Gasteiger partial charge in [0.25, 0.3) is 5.91 Å². The number of hydrogen-bond acceptors (Lipinski definition) is 4. The van der Waals surface area contributed by atoms with E-state index in [9.17, 15) is 4.79 Å². The molecule has 0 bridgehead atoms. The Morgan fingerprint density at radius 2 is 1.89 bits per heavy atom. The van der Waals surface area contributed by atoms with Gasteiger partial charge in [0.05, 0.1) is 0 Å². The SMILES string of the molecule is CN(CCCNC(=O)/C=N/O)CCCC(C)(C)C.Cl. The van der Waals surface area contributed by atoms with Gasteiger partial charge in [0.15, 0.2) is 0 Å². The lowest BCUT2D eigenvalue weighted by Crippen LogP contribution is -2.29. The van der Waals surface area contributed by atoms with Crippen LogP contribution in [-0.4, -0.2) is 48.9 Å². The molecule has 0 aromatic rings. The van der Waals surface area contributed by atoms with Crippen molar-refractivity contribution in [3.05, 3.63) is 0 Å². The first-order chi connectivity index (χ1) is 8.35. The molecule has 1 amide bonds. The highest BCUT2D eigenvalue weighted by molar-refractivity contribution is 6.25. The molecule has 2 N–H and O–H groups in total. The van der Waals surface area contributed by atoms with Crippen LogP contribution in [0.1, 0.15) is 40.0 Å². The standard InChI is InChI=1S/C13H27N3O2.ClH/c1-13(2,3)7-5-9-16(4)10-6-8-14-12(17)11-15-18;/h11,18H,5-10H2,1-4H3,(H,14,17);1H/b15-11+;. The number of rotatable bonds is 8. The van der Waals surface area contributed by atoms with E-state index in [0.717, 1.165) is 25.7 Å². The van der Waals surface area contributed by atoms with E-state index >= 15 is 0 Å². The lowest BCUT2D eigenvalue weighted by Gasteiger charge is -2.21. The molecule has 0 aromatic carbocycles. The van der Waals surface area contributed by atoms with E-state index in [1.54, 1.807) is 0 Å². The van der Waals surface area contributed by atoms with Crippen molar-refractivity contribution in [2.75, 3.05) is 26.7 Å². The van der Waals surface area contributed by atoms with E-state index in [4.69, 9.17) is 5.21 Å². The molecule has 0 radical (unpaired) electrons. The first kappa shape index (κ1) is 20.5. The van der Waals surface area contributed by atoms with Crippen LogP contribution in [0.2, 0.25) is 0 Å². The monoisotopic (exact) mass is 293 g/mol. The van der Waals surface area contributed by atoms with Crippen LogP contribution in [0, 0.1) is 5.41 Å². The number of amides is 1. The van der Waals surface area contributed by atoms with Gasteiger partial charge in [0.1, 0.15) is 6.21 Å². The molecule has 5 nitrogen and oxygen atoms in total. The van der Waals surface area contributed by atoms with Gasteiger partial charge in [-0.1, -0.05) is 25.9 Å². The summed E-state index contributed by atoms with van der Waals surface area (Å²) in [4.78, 5) is 13.2. The molecule has 0 aliphatic carbocycles. The summed E-state index contributed by atoms with van der Waals surface area (Å²) in [6, 6.07) is 0. The van der Waals surface area contributed by atoms with E-state index < -0.39 is 0 Å². The van der Waals surface area contributed by atoms with Gasteiger partial charge in [-0.2, -0.15) is 0 Å². The van der Waals surface area contributed by atoms with Crippen molar-refractivity contribution >= 4 is 24.5 Å². The summed E-state index contributed by atoms with van der Waals surface area (Å²) in [5.41, 5.74) is 0.401. The summed E-state index contributed by atoms with van der Waals surface area (Å²) in [5.74, 6) is -0.354. The Kier molecular flexibility index (Phi) is 11.9. The zero-order valence-electron chi connectivity index (χ0n) is 12.5. The first-order valence-corrected chi connectivity index (χ1v) is 6.49. The maximum absolute atomic E-state index is 10.9. The summed E-state index contributed by atoms with van der Waals surface area (Å²) in [5, 5.41) is 13.5. The fraction of sp³-hybridized carbons (Fsp3) is 0.846. The third-order valence-corrected chi connectivity index (χ3v) is 2.66. The molecule has 0 saturated carbocycles. The van der Waals surface area contributed by atoms with Gasteiger partial charge in [0, 0.05) is 6.54 Å². The van der Waals surface area contributed by atoms with E-state index in [1.165, 1.54) is 12.8 Å². The maximum Gasteiger partial charge on any atom is 0.265 e. The molecule has 0 heterocycles. The molecular weight excluding hydrogens is 266 g/mol. The summed E-state index contributed by atoms with van der Waals surface area (Å²) in [6.45, 7) is 9.42. The van der Waals surface area contributed by atoms with Crippen molar-refractivity contribution in [2.24, 2.45) is 10.6 Å². The zero-order valence-corrected chi connectivity index (χ0v) is 13.3. The lowest BCUT2D eigenvalue weighted by atomic mass is 9.90. The Hall–Kier alpha value is -0.810. The largest absolute Gasteiger partial charge is 0.411 e. The zero-order chi connectivity index (χ0) is 14.0. The second kappa shape index (κ2) is 11.1. The molecule has 19 heavy (non-hydrogen) atoms. The Bertz CT molecular complexity index is 265. The third-order valence-electron chi connectivity index (χ3n) is 2.66. The molecule has 0 unspecified atom stereocenters. The quantitative estimate of drug-likeness (QED) is 0.312.